The number of methoxy groups -OCH3 is 1. The number of hydrogen-bond donors (Lipinski definition) is 1. The maximum atomic E-state index is 11.6. The average Bonchev–Trinajstić information content (AvgIpc) is 2.59. The molecule has 0 aliphatic heterocycles. The van der Waals surface area contributed by atoms with Crippen LogP contribution < -0.4 is 10.1 Å². The standard InChI is InChI=1S/C15H15N3O5/c1-16-14-13(4-3-5-17-14)23-9-10-6-11(15(19)22-2)8-12(7-10)18(20)21/h3-8H,9H2,1-2H3,(H,16,17). The summed E-state index contributed by atoms with van der Waals surface area (Å²) in [5, 5.41) is 13.9. The highest BCUT2D eigenvalue weighted by atomic mass is 16.6. The SMILES string of the molecule is CNc1ncccc1OCc1cc(C(=O)OC)cc([N+](=O)[O-])c1. The molecule has 0 unspecified atom stereocenters. The van der Waals surface area contributed by atoms with Gasteiger partial charge < -0.3 is 14.8 Å². The van der Waals surface area contributed by atoms with E-state index < -0.39 is 10.9 Å². The first-order valence-corrected chi connectivity index (χ1v) is 6.67. The Labute approximate surface area is 132 Å². The number of anilines is 1. The molecule has 0 saturated carbocycles. The number of benzene rings is 1. The van der Waals surface area contributed by atoms with E-state index in [0.717, 1.165) is 0 Å². The second-order valence-electron chi connectivity index (χ2n) is 4.53. The smallest absolute Gasteiger partial charge is 0.338 e. The fourth-order valence-electron chi connectivity index (χ4n) is 1.95. The quantitative estimate of drug-likeness (QED) is 0.495. The molecule has 0 spiro atoms. The molecule has 0 aliphatic rings. The molecule has 0 fully saturated rings. The van der Waals surface area contributed by atoms with Gasteiger partial charge in [0.15, 0.2) is 11.6 Å². The fraction of sp³-hybridized carbons (Fsp3) is 0.200. The van der Waals surface area contributed by atoms with E-state index in [-0.39, 0.29) is 17.9 Å². The first-order chi connectivity index (χ1) is 11.0. The van der Waals surface area contributed by atoms with Crippen molar-refractivity contribution in [2.75, 3.05) is 19.5 Å². The molecule has 23 heavy (non-hydrogen) atoms. The Morgan fingerprint density at radius 1 is 1.39 bits per heavy atom. The minimum Gasteiger partial charge on any atom is -0.485 e. The molecule has 8 nitrogen and oxygen atoms in total. The normalized spacial score (nSPS) is 10.0. The van der Waals surface area contributed by atoms with E-state index in [1.165, 1.54) is 25.3 Å². The van der Waals surface area contributed by atoms with Crippen LogP contribution in [0.2, 0.25) is 0 Å². The molecule has 0 radical (unpaired) electrons. The third-order valence-electron chi connectivity index (χ3n) is 3.01. The van der Waals surface area contributed by atoms with Crippen molar-refractivity contribution >= 4 is 17.5 Å². The number of ether oxygens (including phenoxy) is 2. The predicted molar refractivity (Wildman–Crippen MR) is 82.6 cm³/mol. The molecule has 2 aromatic rings. The van der Waals surface area contributed by atoms with E-state index in [4.69, 9.17) is 4.74 Å². The molecule has 0 saturated heterocycles. The van der Waals surface area contributed by atoms with Crippen LogP contribution in [0.4, 0.5) is 11.5 Å². The van der Waals surface area contributed by atoms with Crippen LogP contribution in [0, 0.1) is 10.1 Å². The number of nitrogens with zero attached hydrogens (tertiary/aromatic N) is 2. The van der Waals surface area contributed by atoms with Gasteiger partial charge in [-0.05, 0) is 23.8 Å². The van der Waals surface area contributed by atoms with Crippen molar-refractivity contribution in [3.63, 3.8) is 0 Å². The van der Waals surface area contributed by atoms with Crippen LogP contribution in [0.15, 0.2) is 36.5 Å². The van der Waals surface area contributed by atoms with E-state index in [1.807, 2.05) is 0 Å². The Balaban J connectivity index is 2.26. The maximum absolute atomic E-state index is 11.6. The molecule has 0 amide bonds. The number of carbonyl (C=O) groups excluding carboxylic acids is 1. The number of carbonyl (C=O) groups is 1. The Hall–Kier alpha value is -3.16. The van der Waals surface area contributed by atoms with Gasteiger partial charge in [-0.2, -0.15) is 0 Å². The predicted octanol–water partition coefficient (Wildman–Crippen LogP) is 2.40. The molecule has 1 heterocycles. The van der Waals surface area contributed by atoms with E-state index in [0.29, 0.717) is 17.1 Å². The van der Waals surface area contributed by atoms with Crippen molar-refractivity contribution in [2.24, 2.45) is 0 Å². The number of aromatic nitrogens is 1. The monoisotopic (exact) mass is 317 g/mol. The van der Waals surface area contributed by atoms with Crippen LogP contribution in [0.3, 0.4) is 0 Å². The Bertz CT molecular complexity index is 733. The van der Waals surface area contributed by atoms with Crippen LogP contribution in [0.25, 0.3) is 0 Å². The van der Waals surface area contributed by atoms with E-state index in [2.05, 4.69) is 15.0 Å². The van der Waals surface area contributed by atoms with E-state index in [1.54, 1.807) is 25.4 Å². The second kappa shape index (κ2) is 7.21. The molecule has 1 aromatic heterocycles. The van der Waals surface area contributed by atoms with Crippen molar-refractivity contribution < 1.29 is 19.2 Å². The summed E-state index contributed by atoms with van der Waals surface area (Å²) in [6, 6.07) is 7.44. The topological polar surface area (TPSA) is 104 Å². The molecular weight excluding hydrogens is 302 g/mol. The lowest BCUT2D eigenvalue weighted by molar-refractivity contribution is -0.385. The molecule has 1 aromatic carbocycles. The largest absolute Gasteiger partial charge is 0.485 e. The number of pyridine rings is 1. The van der Waals surface area contributed by atoms with Crippen molar-refractivity contribution in [3.8, 4) is 5.75 Å². The lowest BCUT2D eigenvalue weighted by Gasteiger charge is -2.10. The highest BCUT2D eigenvalue weighted by molar-refractivity contribution is 5.90. The summed E-state index contributed by atoms with van der Waals surface area (Å²) in [7, 11) is 2.92. The zero-order valence-corrected chi connectivity index (χ0v) is 12.6. The first-order valence-electron chi connectivity index (χ1n) is 6.67. The summed E-state index contributed by atoms with van der Waals surface area (Å²) >= 11 is 0. The van der Waals surface area contributed by atoms with Gasteiger partial charge in [0, 0.05) is 25.4 Å². The van der Waals surface area contributed by atoms with Gasteiger partial charge in [0.05, 0.1) is 17.6 Å². The minimum atomic E-state index is -0.646. The number of rotatable bonds is 6. The van der Waals surface area contributed by atoms with Gasteiger partial charge in [-0.1, -0.05) is 0 Å². The summed E-state index contributed by atoms with van der Waals surface area (Å²) < 4.78 is 10.2. The highest BCUT2D eigenvalue weighted by Crippen LogP contribution is 2.23. The summed E-state index contributed by atoms with van der Waals surface area (Å²) in [6.07, 6.45) is 1.61. The number of nitro groups is 1. The van der Waals surface area contributed by atoms with Crippen LogP contribution in [0.5, 0.6) is 5.75 Å². The number of esters is 1. The van der Waals surface area contributed by atoms with Gasteiger partial charge in [0.1, 0.15) is 6.61 Å². The van der Waals surface area contributed by atoms with Gasteiger partial charge in [0.2, 0.25) is 0 Å². The van der Waals surface area contributed by atoms with Crippen molar-refractivity contribution in [3.05, 3.63) is 57.8 Å². The van der Waals surface area contributed by atoms with Gasteiger partial charge >= 0.3 is 5.97 Å². The van der Waals surface area contributed by atoms with Gasteiger partial charge in [-0.25, -0.2) is 9.78 Å². The molecule has 8 heteroatoms. The third-order valence-corrected chi connectivity index (χ3v) is 3.01. The maximum Gasteiger partial charge on any atom is 0.338 e. The molecule has 1 N–H and O–H groups in total. The highest BCUT2D eigenvalue weighted by Gasteiger charge is 2.15. The molecular formula is C15H15N3O5. The Morgan fingerprint density at radius 3 is 2.83 bits per heavy atom. The zero-order valence-electron chi connectivity index (χ0n) is 12.6. The van der Waals surface area contributed by atoms with Gasteiger partial charge in [-0.15, -0.1) is 0 Å². The second-order valence-corrected chi connectivity index (χ2v) is 4.53. The van der Waals surface area contributed by atoms with Gasteiger partial charge in [-0.3, -0.25) is 10.1 Å². The number of nitrogens with one attached hydrogen (secondary N) is 1. The molecule has 0 bridgehead atoms. The first kappa shape index (κ1) is 16.2. The van der Waals surface area contributed by atoms with Crippen molar-refractivity contribution in [1.29, 1.82) is 0 Å². The fourth-order valence-corrected chi connectivity index (χ4v) is 1.95. The Kier molecular flexibility index (Phi) is 5.08. The molecule has 2 rings (SSSR count). The van der Waals surface area contributed by atoms with Crippen LogP contribution in [-0.2, 0) is 11.3 Å². The summed E-state index contributed by atoms with van der Waals surface area (Å²) in [6.45, 7) is 0.0477. The summed E-state index contributed by atoms with van der Waals surface area (Å²) in [5.74, 6) is 0.402. The minimum absolute atomic E-state index is 0.0477. The van der Waals surface area contributed by atoms with Crippen molar-refractivity contribution in [2.45, 2.75) is 6.61 Å². The van der Waals surface area contributed by atoms with Crippen LogP contribution in [-0.4, -0.2) is 30.0 Å². The average molecular weight is 317 g/mol. The third kappa shape index (κ3) is 3.94. The Morgan fingerprint density at radius 2 is 2.17 bits per heavy atom. The molecule has 0 aliphatic carbocycles. The summed E-state index contributed by atoms with van der Waals surface area (Å²) in [5.41, 5.74) is 0.373. The van der Waals surface area contributed by atoms with Crippen molar-refractivity contribution in [1.82, 2.24) is 4.98 Å². The lowest BCUT2D eigenvalue weighted by Crippen LogP contribution is -2.06. The number of hydrogen-bond acceptors (Lipinski definition) is 7. The van der Waals surface area contributed by atoms with Crippen LogP contribution >= 0.6 is 0 Å². The molecule has 120 valence electrons. The number of non-ortho nitro benzene ring substituents is 1. The summed E-state index contributed by atoms with van der Waals surface area (Å²) in [4.78, 5) is 26.1. The van der Waals surface area contributed by atoms with Gasteiger partial charge in [0.25, 0.3) is 5.69 Å². The van der Waals surface area contributed by atoms with E-state index in [9.17, 15) is 14.9 Å². The van der Waals surface area contributed by atoms with E-state index >= 15 is 0 Å². The van der Waals surface area contributed by atoms with Crippen LogP contribution in [0.1, 0.15) is 15.9 Å². The zero-order chi connectivity index (χ0) is 16.8. The molecule has 0 atom stereocenters. The lowest BCUT2D eigenvalue weighted by atomic mass is 10.1. The number of nitro benzene ring substituents is 1.